The Balaban J connectivity index is 2.48. The zero-order valence-electron chi connectivity index (χ0n) is 8.62. The molecule has 0 saturated heterocycles. The number of benzene rings is 1. The number of carboxylic acids is 1. The first-order valence-electron chi connectivity index (χ1n) is 4.74. The Morgan fingerprint density at radius 1 is 1.35 bits per heavy atom. The molecule has 0 unspecified atom stereocenters. The van der Waals surface area contributed by atoms with Crippen molar-refractivity contribution in [2.24, 2.45) is 0 Å². The number of rotatable bonds is 3. The van der Waals surface area contributed by atoms with Crippen molar-refractivity contribution in [1.29, 1.82) is 0 Å². The van der Waals surface area contributed by atoms with E-state index in [1.54, 1.807) is 30.6 Å². The summed E-state index contributed by atoms with van der Waals surface area (Å²) in [4.78, 5) is 11.9. The smallest absolute Gasteiger partial charge is 0.328 e. The van der Waals surface area contributed by atoms with E-state index >= 15 is 0 Å². The molecular formula is C11H8ClN3O2. The Morgan fingerprint density at radius 2 is 2.06 bits per heavy atom. The van der Waals surface area contributed by atoms with Crippen LogP contribution >= 0.6 is 11.6 Å². The van der Waals surface area contributed by atoms with Crippen LogP contribution in [0.25, 0.3) is 11.8 Å². The first kappa shape index (κ1) is 11.3. The highest BCUT2D eigenvalue weighted by atomic mass is 35.5. The Bertz CT molecular complexity index is 564. The molecule has 0 spiro atoms. The van der Waals surface area contributed by atoms with Crippen LogP contribution in [0.4, 0.5) is 0 Å². The van der Waals surface area contributed by atoms with Crippen molar-refractivity contribution in [2.75, 3.05) is 0 Å². The monoisotopic (exact) mass is 249 g/mol. The van der Waals surface area contributed by atoms with Crippen molar-refractivity contribution in [1.82, 2.24) is 15.0 Å². The molecule has 1 heterocycles. The lowest BCUT2D eigenvalue weighted by Crippen LogP contribution is -2.01. The fourth-order valence-electron chi connectivity index (χ4n) is 1.34. The molecule has 1 aromatic heterocycles. The van der Waals surface area contributed by atoms with Crippen molar-refractivity contribution < 1.29 is 9.90 Å². The van der Waals surface area contributed by atoms with E-state index < -0.39 is 5.97 Å². The van der Waals surface area contributed by atoms with Crippen molar-refractivity contribution in [3.8, 4) is 5.69 Å². The average Bonchev–Trinajstić information content (AvgIpc) is 2.80. The van der Waals surface area contributed by atoms with Gasteiger partial charge in [0.25, 0.3) is 0 Å². The molecule has 0 aliphatic carbocycles. The topological polar surface area (TPSA) is 68.0 Å². The maximum absolute atomic E-state index is 10.5. The first-order chi connectivity index (χ1) is 8.16. The largest absolute Gasteiger partial charge is 0.478 e. The first-order valence-corrected chi connectivity index (χ1v) is 5.12. The van der Waals surface area contributed by atoms with Crippen molar-refractivity contribution in [3.63, 3.8) is 0 Å². The van der Waals surface area contributed by atoms with Crippen LogP contribution in [0.1, 0.15) is 5.56 Å². The SMILES string of the molecule is O=C(O)C=Cc1cc(Cl)ccc1-n1nccn1. The second-order valence-electron chi connectivity index (χ2n) is 3.19. The van der Waals surface area contributed by atoms with E-state index in [1.165, 1.54) is 10.9 Å². The Labute approximate surface area is 102 Å². The zero-order valence-corrected chi connectivity index (χ0v) is 9.37. The fraction of sp³-hybridized carbons (Fsp3) is 0. The molecule has 1 aromatic carbocycles. The highest BCUT2D eigenvalue weighted by Crippen LogP contribution is 2.19. The molecule has 1 N–H and O–H groups in total. The summed E-state index contributed by atoms with van der Waals surface area (Å²) in [5.41, 5.74) is 1.30. The summed E-state index contributed by atoms with van der Waals surface area (Å²) < 4.78 is 0. The third kappa shape index (κ3) is 2.70. The van der Waals surface area contributed by atoms with Crippen LogP contribution in [0.2, 0.25) is 5.02 Å². The number of aromatic nitrogens is 3. The molecule has 2 aromatic rings. The Kier molecular flexibility index (Phi) is 3.20. The number of hydrogen-bond acceptors (Lipinski definition) is 3. The molecule has 0 radical (unpaired) electrons. The van der Waals surface area contributed by atoms with Gasteiger partial charge in [-0.15, -0.1) is 0 Å². The van der Waals surface area contributed by atoms with Gasteiger partial charge in [-0.2, -0.15) is 15.0 Å². The van der Waals surface area contributed by atoms with Gasteiger partial charge in [0, 0.05) is 16.7 Å². The zero-order chi connectivity index (χ0) is 12.3. The minimum absolute atomic E-state index is 0.519. The van der Waals surface area contributed by atoms with Crippen LogP contribution in [-0.4, -0.2) is 26.1 Å². The van der Waals surface area contributed by atoms with Crippen LogP contribution in [-0.2, 0) is 4.79 Å². The summed E-state index contributed by atoms with van der Waals surface area (Å²) in [6.07, 6.45) is 5.57. The molecule has 2 rings (SSSR count). The molecule has 0 aliphatic heterocycles. The number of aliphatic carboxylic acids is 1. The van der Waals surface area contributed by atoms with Crippen molar-refractivity contribution in [2.45, 2.75) is 0 Å². The Morgan fingerprint density at radius 3 is 2.71 bits per heavy atom. The average molecular weight is 250 g/mol. The fourth-order valence-corrected chi connectivity index (χ4v) is 1.52. The lowest BCUT2D eigenvalue weighted by molar-refractivity contribution is -0.131. The standard InChI is InChI=1S/C11H8ClN3O2/c12-9-2-3-10(15-13-5-6-14-15)8(7-9)1-4-11(16)17/h1-7H,(H,16,17). The minimum atomic E-state index is -1.02. The third-order valence-corrected chi connectivity index (χ3v) is 2.26. The van der Waals surface area contributed by atoms with E-state index in [4.69, 9.17) is 16.7 Å². The van der Waals surface area contributed by atoms with E-state index in [-0.39, 0.29) is 0 Å². The summed E-state index contributed by atoms with van der Waals surface area (Å²) >= 11 is 5.86. The molecule has 6 heteroatoms. The van der Waals surface area contributed by atoms with Gasteiger partial charge in [0.15, 0.2) is 0 Å². The van der Waals surface area contributed by atoms with E-state index in [2.05, 4.69) is 10.2 Å². The highest BCUT2D eigenvalue weighted by molar-refractivity contribution is 6.30. The predicted molar refractivity (Wildman–Crippen MR) is 63.0 cm³/mol. The summed E-state index contributed by atoms with van der Waals surface area (Å²) in [5, 5.41) is 17.1. The highest BCUT2D eigenvalue weighted by Gasteiger charge is 2.04. The van der Waals surface area contributed by atoms with Gasteiger partial charge in [0.2, 0.25) is 0 Å². The summed E-state index contributed by atoms with van der Waals surface area (Å²) in [6.45, 7) is 0. The maximum atomic E-state index is 10.5. The quantitative estimate of drug-likeness (QED) is 0.845. The number of hydrogen-bond donors (Lipinski definition) is 1. The van der Waals surface area contributed by atoms with Crippen LogP contribution in [0.3, 0.4) is 0 Å². The van der Waals surface area contributed by atoms with E-state index in [0.717, 1.165) is 6.08 Å². The summed E-state index contributed by atoms with van der Waals surface area (Å²) in [5.74, 6) is -1.02. The molecule has 0 aliphatic rings. The molecule has 0 fully saturated rings. The molecule has 0 bridgehead atoms. The number of carbonyl (C=O) groups is 1. The Hall–Kier alpha value is -2.14. The second-order valence-corrected chi connectivity index (χ2v) is 3.63. The molecule has 0 atom stereocenters. The number of halogens is 1. The van der Waals surface area contributed by atoms with Crippen LogP contribution in [0.5, 0.6) is 0 Å². The van der Waals surface area contributed by atoms with Crippen LogP contribution in [0, 0.1) is 0 Å². The van der Waals surface area contributed by atoms with Crippen LogP contribution < -0.4 is 0 Å². The van der Waals surface area contributed by atoms with E-state index in [1.807, 2.05) is 0 Å². The van der Waals surface area contributed by atoms with Gasteiger partial charge in [0.05, 0.1) is 18.1 Å². The van der Waals surface area contributed by atoms with Gasteiger partial charge in [-0.1, -0.05) is 11.6 Å². The van der Waals surface area contributed by atoms with Crippen LogP contribution in [0.15, 0.2) is 36.7 Å². The van der Waals surface area contributed by atoms with E-state index in [9.17, 15) is 4.79 Å². The normalized spacial score (nSPS) is 10.9. The molecular weight excluding hydrogens is 242 g/mol. The van der Waals surface area contributed by atoms with Gasteiger partial charge in [-0.25, -0.2) is 4.79 Å². The summed E-state index contributed by atoms with van der Waals surface area (Å²) in [7, 11) is 0. The maximum Gasteiger partial charge on any atom is 0.328 e. The third-order valence-electron chi connectivity index (χ3n) is 2.03. The van der Waals surface area contributed by atoms with Gasteiger partial charge in [-0.05, 0) is 24.3 Å². The molecule has 5 nitrogen and oxygen atoms in total. The van der Waals surface area contributed by atoms with Crippen molar-refractivity contribution >= 4 is 23.6 Å². The summed E-state index contributed by atoms with van der Waals surface area (Å²) in [6, 6.07) is 5.07. The van der Waals surface area contributed by atoms with Crippen molar-refractivity contribution in [3.05, 3.63) is 47.3 Å². The van der Waals surface area contributed by atoms with Gasteiger partial charge in [-0.3, -0.25) is 0 Å². The molecule has 86 valence electrons. The lowest BCUT2D eigenvalue weighted by Gasteiger charge is -2.04. The van der Waals surface area contributed by atoms with E-state index in [0.29, 0.717) is 16.3 Å². The lowest BCUT2D eigenvalue weighted by atomic mass is 10.1. The predicted octanol–water partition coefficient (Wildman–Crippen LogP) is 2.02. The molecule has 0 saturated carbocycles. The van der Waals surface area contributed by atoms with Gasteiger partial charge in [0.1, 0.15) is 0 Å². The minimum Gasteiger partial charge on any atom is -0.478 e. The molecule has 17 heavy (non-hydrogen) atoms. The number of nitrogens with zero attached hydrogens (tertiary/aromatic N) is 3. The van der Waals surface area contributed by atoms with Gasteiger partial charge >= 0.3 is 5.97 Å². The molecule has 0 amide bonds. The second kappa shape index (κ2) is 4.80. The van der Waals surface area contributed by atoms with Gasteiger partial charge < -0.3 is 5.11 Å². The number of carboxylic acid groups (broad SMARTS) is 1.